The molecule has 2 heterocycles. The summed E-state index contributed by atoms with van der Waals surface area (Å²) >= 11 is 1.41. The fourth-order valence-electron chi connectivity index (χ4n) is 2.27. The number of carbonyl (C=O) groups is 1. The van der Waals surface area contributed by atoms with E-state index in [9.17, 15) is 4.79 Å². The molecular formula is C16H19N3O3S. The number of para-hydroxylation sites is 2. The number of nitrogens with zero attached hydrogens (tertiary/aromatic N) is 2. The zero-order valence-corrected chi connectivity index (χ0v) is 13.8. The van der Waals surface area contributed by atoms with Gasteiger partial charge in [0.05, 0.1) is 0 Å². The molecule has 2 aromatic rings. The number of nitrogens with one attached hydrogen (secondary N) is 1. The molecule has 7 heteroatoms. The standard InChI is InChI=1S/C16H19N3O3S/c1-2-3-4-9-14-18-19-16(23-14)17-15(20)13-10-21-11-7-5-6-8-12(11)22-13/h5-8,13H,2-4,9-10H2,1H3,(H,17,19,20)/t13-/m0/s1. The predicted molar refractivity (Wildman–Crippen MR) is 88.1 cm³/mol. The summed E-state index contributed by atoms with van der Waals surface area (Å²) in [5, 5.41) is 12.3. The van der Waals surface area contributed by atoms with E-state index in [0.29, 0.717) is 16.6 Å². The van der Waals surface area contributed by atoms with Crippen LogP contribution in [0.3, 0.4) is 0 Å². The van der Waals surface area contributed by atoms with Gasteiger partial charge in [-0.05, 0) is 18.6 Å². The molecule has 1 aliphatic rings. The van der Waals surface area contributed by atoms with Crippen LogP contribution in [0.1, 0.15) is 31.2 Å². The molecule has 1 atom stereocenters. The van der Waals surface area contributed by atoms with Crippen LogP contribution in [0.4, 0.5) is 5.13 Å². The number of hydrogen-bond acceptors (Lipinski definition) is 6. The third-order valence-electron chi connectivity index (χ3n) is 3.49. The van der Waals surface area contributed by atoms with Gasteiger partial charge in [-0.3, -0.25) is 10.1 Å². The SMILES string of the molecule is CCCCCc1nnc(NC(=O)[C@@H]2COc3ccccc3O2)s1. The Bertz CT molecular complexity index is 674. The summed E-state index contributed by atoms with van der Waals surface area (Å²) in [6, 6.07) is 7.31. The van der Waals surface area contributed by atoms with Gasteiger partial charge < -0.3 is 9.47 Å². The summed E-state index contributed by atoms with van der Waals surface area (Å²) in [4.78, 5) is 12.3. The zero-order chi connectivity index (χ0) is 16.1. The Morgan fingerprint density at radius 1 is 1.30 bits per heavy atom. The van der Waals surface area contributed by atoms with Crippen LogP contribution in [0.5, 0.6) is 11.5 Å². The van der Waals surface area contributed by atoms with Crippen molar-refractivity contribution in [2.45, 2.75) is 38.7 Å². The first-order valence-corrected chi connectivity index (χ1v) is 8.59. The molecule has 3 rings (SSSR count). The van der Waals surface area contributed by atoms with Crippen molar-refractivity contribution in [1.82, 2.24) is 10.2 Å². The number of aryl methyl sites for hydroxylation is 1. The number of hydrogen-bond donors (Lipinski definition) is 1. The molecular weight excluding hydrogens is 314 g/mol. The lowest BCUT2D eigenvalue weighted by atomic mass is 10.2. The van der Waals surface area contributed by atoms with Crippen molar-refractivity contribution < 1.29 is 14.3 Å². The van der Waals surface area contributed by atoms with Crippen LogP contribution in [0.25, 0.3) is 0 Å². The molecule has 0 saturated heterocycles. The van der Waals surface area contributed by atoms with E-state index in [1.165, 1.54) is 24.2 Å². The van der Waals surface area contributed by atoms with E-state index in [0.717, 1.165) is 17.8 Å². The number of benzene rings is 1. The Morgan fingerprint density at radius 2 is 2.13 bits per heavy atom. The lowest BCUT2D eigenvalue weighted by Crippen LogP contribution is -2.40. The van der Waals surface area contributed by atoms with Gasteiger partial charge in [0.1, 0.15) is 11.6 Å². The Labute approximate surface area is 138 Å². The number of carbonyl (C=O) groups excluding carboxylic acids is 1. The van der Waals surface area contributed by atoms with E-state index < -0.39 is 6.10 Å². The number of unbranched alkanes of at least 4 members (excludes halogenated alkanes) is 2. The van der Waals surface area contributed by atoms with Crippen LogP contribution in [0.15, 0.2) is 24.3 Å². The normalized spacial score (nSPS) is 16.1. The number of ether oxygens (including phenoxy) is 2. The first-order chi connectivity index (χ1) is 11.3. The van der Waals surface area contributed by atoms with Crippen molar-refractivity contribution in [2.75, 3.05) is 11.9 Å². The first-order valence-electron chi connectivity index (χ1n) is 7.78. The minimum atomic E-state index is -0.683. The van der Waals surface area contributed by atoms with Crippen molar-refractivity contribution >= 4 is 22.4 Å². The maximum Gasteiger partial charge on any atom is 0.270 e. The highest BCUT2D eigenvalue weighted by atomic mass is 32.1. The highest BCUT2D eigenvalue weighted by molar-refractivity contribution is 7.15. The quantitative estimate of drug-likeness (QED) is 0.823. The topological polar surface area (TPSA) is 73.3 Å². The second-order valence-electron chi connectivity index (χ2n) is 5.31. The largest absolute Gasteiger partial charge is 0.485 e. The summed E-state index contributed by atoms with van der Waals surface area (Å²) in [6.07, 6.45) is 3.65. The molecule has 1 N–H and O–H groups in total. The molecule has 23 heavy (non-hydrogen) atoms. The average Bonchev–Trinajstić information content (AvgIpc) is 3.02. The van der Waals surface area contributed by atoms with Crippen LogP contribution >= 0.6 is 11.3 Å². The number of fused-ring (bicyclic) bond motifs is 1. The van der Waals surface area contributed by atoms with Crippen LogP contribution in [0, 0.1) is 0 Å². The van der Waals surface area contributed by atoms with E-state index in [1.54, 1.807) is 6.07 Å². The maximum atomic E-state index is 12.3. The van der Waals surface area contributed by atoms with Crippen molar-refractivity contribution in [3.63, 3.8) is 0 Å². The minimum absolute atomic E-state index is 0.186. The third-order valence-corrected chi connectivity index (χ3v) is 4.39. The van der Waals surface area contributed by atoms with E-state index in [-0.39, 0.29) is 12.5 Å². The Morgan fingerprint density at radius 3 is 2.96 bits per heavy atom. The number of amides is 1. The Kier molecular flexibility index (Phi) is 5.07. The molecule has 0 aliphatic carbocycles. The second-order valence-corrected chi connectivity index (χ2v) is 6.37. The summed E-state index contributed by atoms with van der Waals surface area (Å²) in [7, 11) is 0. The van der Waals surface area contributed by atoms with Crippen molar-refractivity contribution in [3.8, 4) is 11.5 Å². The van der Waals surface area contributed by atoms with Gasteiger partial charge in [-0.15, -0.1) is 10.2 Å². The van der Waals surface area contributed by atoms with Gasteiger partial charge in [0.2, 0.25) is 11.2 Å². The average molecular weight is 333 g/mol. The molecule has 0 unspecified atom stereocenters. The number of rotatable bonds is 6. The van der Waals surface area contributed by atoms with Gasteiger partial charge in [-0.1, -0.05) is 43.2 Å². The van der Waals surface area contributed by atoms with Crippen molar-refractivity contribution in [1.29, 1.82) is 0 Å². The molecule has 0 bridgehead atoms. The molecule has 0 fully saturated rings. The monoisotopic (exact) mass is 333 g/mol. The van der Waals surface area contributed by atoms with Crippen molar-refractivity contribution in [3.05, 3.63) is 29.3 Å². The third kappa shape index (κ3) is 3.98. The summed E-state index contributed by atoms with van der Waals surface area (Å²) in [6.45, 7) is 2.35. The van der Waals surface area contributed by atoms with E-state index in [4.69, 9.17) is 9.47 Å². The Hall–Kier alpha value is -2.15. The van der Waals surface area contributed by atoms with Gasteiger partial charge in [-0.2, -0.15) is 0 Å². The first kappa shape index (κ1) is 15.7. The number of aromatic nitrogens is 2. The zero-order valence-electron chi connectivity index (χ0n) is 12.9. The highest BCUT2D eigenvalue weighted by Crippen LogP contribution is 2.31. The van der Waals surface area contributed by atoms with Gasteiger partial charge in [0.25, 0.3) is 5.91 Å². The molecule has 1 aromatic heterocycles. The van der Waals surface area contributed by atoms with Crippen LogP contribution in [-0.4, -0.2) is 28.8 Å². The molecule has 0 radical (unpaired) electrons. The lowest BCUT2D eigenvalue weighted by molar-refractivity contribution is -0.125. The highest BCUT2D eigenvalue weighted by Gasteiger charge is 2.28. The van der Waals surface area contributed by atoms with Crippen LogP contribution < -0.4 is 14.8 Å². The summed E-state index contributed by atoms with van der Waals surface area (Å²) < 4.78 is 11.2. The van der Waals surface area contributed by atoms with Gasteiger partial charge in [0, 0.05) is 6.42 Å². The Balaban J connectivity index is 1.55. The van der Waals surface area contributed by atoms with Gasteiger partial charge >= 0.3 is 0 Å². The maximum absolute atomic E-state index is 12.3. The van der Waals surface area contributed by atoms with Gasteiger partial charge in [0.15, 0.2) is 11.5 Å². The van der Waals surface area contributed by atoms with Crippen LogP contribution in [-0.2, 0) is 11.2 Å². The van der Waals surface area contributed by atoms with Gasteiger partial charge in [-0.25, -0.2) is 0 Å². The van der Waals surface area contributed by atoms with Crippen LogP contribution in [0.2, 0.25) is 0 Å². The minimum Gasteiger partial charge on any atom is -0.485 e. The summed E-state index contributed by atoms with van der Waals surface area (Å²) in [5.41, 5.74) is 0. The predicted octanol–water partition coefficient (Wildman–Crippen LogP) is 3.05. The fourth-order valence-corrected chi connectivity index (χ4v) is 3.05. The lowest BCUT2D eigenvalue weighted by Gasteiger charge is -2.25. The molecule has 122 valence electrons. The molecule has 1 aromatic carbocycles. The molecule has 1 aliphatic heterocycles. The van der Waals surface area contributed by atoms with E-state index in [2.05, 4.69) is 22.4 Å². The van der Waals surface area contributed by atoms with E-state index in [1.807, 2.05) is 18.2 Å². The second kappa shape index (κ2) is 7.41. The molecule has 1 amide bonds. The molecule has 6 nitrogen and oxygen atoms in total. The molecule has 0 spiro atoms. The summed E-state index contributed by atoms with van der Waals surface area (Å²) in [5.74, 6) is 0.970. The fraction of sp³-hybridized carbons (Fsp3) is 0.438. The van der Waals surface area contributed by atoms with Crippen molar-refractivity contribution in [2.24, 2.45) is 0 Å². The van der Waals surface area contributed by atoms with E-state index >= 15 is 0 Å². The molecule has 0 saturated carbocycles. The smallest absolute Gasteiger partial charge is 0.270 e. The number of anilines is 1.